The molecule has 0 radical (unpaired) electrons. The summed E-state index contributed by atoms with van der Waals surface area (Å²) < 4.78 is 0. The summed E-state index contributed by atoms with van der Waals surface area (Å²) in [6.07, 6.45) is 12.0. The predicted octanol–water partition coefficient (Wildman–Crippen LogP) is 3.14. The molecule has 0 spiro atoms. The second kappa shape index (κ2) is 5.84. The highest BCUT2D eigenvalue weighted by Crippen LogP contribution is 2.60. The van der Waals surface area contributed by atoms with Crippen molar-refractivity contribution in [3.05, 3.63) is 24.4 Å². The second-order valence-corrected chi connectivity index (χ2v) is 7.66. The number of nitrogens with one attached hydrogen (secondary N) is 2. The van der Waals surface area contributed by atoms with Crippen LogP contribution < -0.4 is 10.6 Å². The van der Waals surface area contributed by atoms with E-state index in [0.717, 1.165) is 24.3 Å². The fraction of sp³-hybridized carbons (Fsp3) is 0.611. The smallest absolute Gasteiger partial charge is 0.210 e. The molecule has 1 heterocycles. The van der Waals surface area contributed by atoms with Crippen LogP contribution in [0.2, 0.25) is 0 Å². The maximum atomic E-state index is 8.97. The molecule has 23 heavy (non-hydrogen) atoms. The Morgan fingerprint density at radius 3 is 2.48 bits per heavy atom. The van der Waals surface area contributed by atoms with E-state index in [1.54, 1.807) is 6.20 Å². The van der Waals surface area contributed by atoms with Gasteiger partial charge in [0.1, 0.15) is 5.82 Å². The second-order valence-electron chi connectivity index (χ2n) is 7.66. The fourth-order valence-electron chi connectivity index (χ4n) is 5.45. The van der Waals surface area contributed by atoms with Crippen molar-refractivity contribution in [1.82, 2.24) is 10.3 Å². The van der Waals surface area contributed by atoms with Crippen LogP contribution in [0.3, 0.4) is 0 Å². The quantitative estimate of drug-likeness (QED) is 0.389. The van der Waals surface area contributed by atoms with Crippen LogP contribution >= 0.6 is 0 Å². The van der Waals surface area contributed by atoms with Gasteiger partial charge in [0.2, 0.25) is 5.96 Å². The first-order chi connectivity index (χ1) is 11.2. The molecule has 1 aromatic rings. The van der Waals surface area contributed by atoms with Gasteiger partial charge in [-0.1, -0.05) is 6.07 Å². The standard InChI is InChI=1S/C18H23N5/c19-12-22-17(23-16-3-1-2-4-20-16)21-11-18-8-13-5-14(9-18)7-15(6-13)10-18/h1-4,13-15H,5-11H2,(H2,20,21,22,23). The van der Waals surface area contributed by atoms with Gasteiger partial charge in [0, 0.05) is 12.7 Å². The molecule has 4 fully saturated rings. The molecule has 0 atom stereocenters. The Morgan fingerprint density at radius 2 is 1.91 bits per heavy atom. The molecule has 120 valence electrons. The van der Waals surface area contributed by atoms with E-state index < -0.39 is 0 Å². The summed E-state index contributed by atoms with van der Waals surface area (Å²) in [5.41, 5.74) is 0.378. The number of hydrogen-bond acceptors (Lipinski definition) is 3. The summed E-state index contributed by atoms with van der Waals surface area (Å²) in [5.74, 6) is 3.99. The van der Waals surface area contributed by atoms with Gasteiger partial charge in [-0.3, -0.25) is 10.3 Å². The minimum Gasteiger partial charge on any atom is -0.310 e. The molecule has 1 aromatic heterocycles. The van der Waals surface area contributed by atoms with Crippen LogP contribution in [0.5, 0.6) is 0 Å². The lowest BCUT2D eigenvalue weighted by molar-refractivity contribution is -0.0465. The van der Waals surface area contributed by atoms with Crippen molar-refractivity contribution in [3.63, 3.8) is 0 Å². The molecule has 0 aromatic carbocycles. The lowest BCUT2D eigenvalue weighted by atomic mass is 9.49. The van der Waals surface area contributed by atoms with Crippen LogP contribution in [0.1, 0.15) is 38.5 Å². The predicted molar refractivity (Wildman–Crippen MR) is 89.5 cm³/mol. The van der Waals surface area contributed by atoms with Gasteiger partial charge in [0.05, 0.1) is 0 Å². The Morgan fingerprint density at radius 1 is 1.22 bits per heavy atom. The maximum absolute atomic E-state index is 8.97. The van der Waals surface area contributed by atoms with E-state index >= 15 is 0 Å². The average molecular weight is 309 g/mol. The molecule has 0 amide bonds. The molecular weight excluding hydrogens is 286 g/mol. The van der Waals surface area contributed by atoms with Crippen molar-refractivity contribution in [1.29, 1.82) is 5.26 Å². The van der Waals surface area contributed by atoms with Crippen LogP contribution in [-0.4, -0.2) is 17.5 Å². The van der Waals surface area contributed by atoms with Crippen molar-refractivity contribution in [2.45, 2.75) is 38.5 Å². The van der Waals surface area contributed by atoms with Crippen LogP contribution in [-0.2, 0) is 0 Å². The zero-order valence-electron chi connectivity index (χ0n) is 13.3. The summed E-state index contributed by atoms with van der Waals surface area (Å²) in [5, 5.41) is 14.8. The zero-order valence-corrected chi connectivity index (χ0v) is 13.3. The molecule has 5 nitrogen and oxygen atoms in total. The minimum absolute atomic E-state index is 0.378. The van der Waals surface area contributed by atoms with Crippen molar-refractivity contribution in [2.75, 3.05) is 11.9 Å². The molecule has 0 unspecified atom stereocenters. The summed E-state index contributed by atoms with van der Waals surface area (Å²) in [6, 6.07) is 5.66. The van der Waals surface area contributed by atoms with Gasteiger partial charge >= 0.3 is 0 Å². The van der Waals surface area contributed by atoms with E-state index in [4.69, 9.17) is 10.3 Å². The number of aliphatic imine (C=N–C) groups is 1. The molecule has 0 aliphatic heterocycles. The summed E-state index contributed by atoms with van der Waals surface area (Å²) >= 11 is 0. The van der Waals surface area contributed by atoms with Gasteiger partial charge in [-0.05, 0) is 73.8 Å². The number of rotatable bonds is 3. The van der Waals surface area contributed by atoms with Gasteiger partial charge in [-0.2, -0.15) is 5.26 Å². The number of nitriles is 1. The lowest BCUT2D eigenvalue weighted by Crippen LogP contribution is -2.47. The number of anilines is 1. The molecule has 4 saturated carbocycles. The highest BCUT2D eigenvalue weighted by atomic mass is 15.2. The van der Waals surface area contributed by atoms with E-state index in [-0.39, 0.29) is 0 Å². The number of aromatic nitrogens is 1. The molecule has 5 heteroatoms. The first-order valence-corrected chi connectivity index (χ1v) is 8.62. The molecule has 0 saturated heterocycles. The topological polar surface area (TPSA) is 73.1 Å². The third kappa shape index (κ3) is 3.03. The van der Waals surface area contributed by atoms with Crippen LogP contribution in [0.25, 0.3) is 0 Å². The highest BCUT2D eigenvalue weighted by Gasteiger charge is 2.50. The van der Waals surface area contributed by atoms with Crippen molar-refractivity contribution >= 4 is 11.8 Å². The Labute approximate surface area is 137 Å². The molecule has 4 aliphatic carbocycles. The van der Waals surface area contributed by atoms with Crippen molar-refractivity contribution < 1.29 is 0 Å². The largest absolute Gasteiger partial charge is 0.310 e. The van der Waals surface area contributed by atoms with E-state index in [1.165, 1.54) is 38.5 Å². The monoisotopic (exact) mass is 309 g/mol. The normalized spacial score (nSPS) is 34.9. The molecular formula is C18H23N5. The molecule has 5 rings (SSSR count). The SMILES string of the molecule is N#CNC(=NCC12CC3CC(CC(C3)C1)C2)Nc1ccccn1. The fourth-order valence-corrected chi connectivity index (χ4v) is 5.45. The van der Waals surface area contributed by atoms with E-state index in [2.05, 4.69) is 15.6 Å². The summed E-state index contributed by atoms with van der Waals surface area (Å²) in [4.78, 5) is 8.96. The minimum atomic E-state index is 0.378. The van der Waals surface area contributed by atoms with Crippen LogP contribution in [0.15, 0.2) is 29.4 Å². The van der Waals surface area contributed by atoms with Gasteiger partial charge < -0.3 is 5.32 Å². The lowest BCUT2D eigenvalue weighted by Gasteiger charge is -2.56. The van der Waals surface area contributed by atoms with Crippen LogP contribution in [0.4, 0.5) is 5.82 Å². The van der Waals surface area contributed by atoms with Crippen molar-refractivity contribution in [3.8, 4) is 6.19 Å². The third-order valence-corrected chi connectivity index (χ3v) is 5.82. The van der Waals surface area contributed by atoms with Gasteiger partial charge in [0.25, 0.3) is 0 Å². The van der Waals surface area contributed by atoms with Gasteiger partial charge in [-0.25, -0.2) is 4.98 Å². The Kier molecular flexibility index (Phi) is 3.68. The highest BCUT2D eigenvalue weighted by molar-refractivity contribution is 5.93. The molecule has 2 N–H and O–H groups in total. The van der Waals surface area contributed by atoms with Crippen LogP contribution in [0, 0.1) is 34.6 Å². The maximum Gasteiger partial charge on any atom is 0.210 e. The van der Waals surface area contributed by atoms with Crippen molar-refractivity contribution in [2.24, 2.45) is 28.2 Å². The number of pyridine rings is 1. The number of guanidine groups is 1. The molecule has 4 bridgehead atoms. The van der Waals surface area contributed by atoms with E-state index in [0.29, 0.717) is 17.2 Å². The Bertz CT molecular complexity index is 595. The third-order valence-electron chi connectivity index (χ3n) is 5.82. The first kappa shape index (κ1) is 14.5. The van der Waals surface area contributed by atoms with Gasteiger partial charge in [0.15, 0.2) is 6.19 Å². The summed E-state index contributed by atoms with van der Waals surface area (Å²) in [6.45, 7) is 0.820. The number of hydrogen-bond donors (Lipinski definition) is 2. The average Bonchev–Trinajstić information content (AvgIpc) is 2.53. The van der Waals surface area contributed by atoms with E-state index in [9.17, 15) is 0 Å². The first-order valence-electron chi connectivity index (χ1n) is 8.62. The molecule has 4 aliphatic rings. The Balaban J connectivity index is 1.48. The Hall–Kier alpha value is -2.09. The zero-order chi connectivity index (χ0) is 15.7. The number of nitrogens with zero attached hydrogens (tertiary/aromatic N) is 3. The van der Waals surface area contributed by atoms with E-state index in [1.807, 2.05) is 24.4 Å². The summed E-state index contributed by atoms with van der Waals surface area (Å²) in [7, 11) is 0. The van der Waals surface area contributed by atoms with Gasteiger partial charge in [-0.15, -0.1) is 0 Å².